The Balaban J connectivity index is 1.14. The molecule has 10 rings (SSSR count). The lowest BCUT2D eigenvalue weighted by molar-refractivity contribution is 0.547. The van der Waals surface area contributed by atoms with Crippen LogP contribution in [0.1, 0.15) is 36.4 Å². The Hall–Kier alpha value is -6.07. The summed E-state index contributed by atoms with van der Waals surface area (Å²) in [5.41, 5.74) is 8.74. The van der Waals surface area contributed by atoms with Crippen LogP contribution in [0.15, 0.2) is 130 Å². The van der Waals surface area contributed by atoms with Crippen molar-refractivity contribution in [1.82, 2.24) is 15.0 Å². The lowest BCUT2D eigenvalue weighted by Gasteiger charge is -2.11. The quantitative estimate of drug-likeness (QED) is 0.196. The van der Waals surface area contributed by atoms with Crippen molar-refractivity contribution in [2.45, 2.75) is 25.7 Å². The molecule has 228 valence electrons. The molecule has 3 aromatic heterocycles. The highest BCUT2D eigenvalue weighted by atomic mass is 16.3. The second kappa shape index (κ2) is 10.7. The SMILES string of the molecule is C1=CC(c2nc(-c3ccc4ccccc4c3)nc(-c3cccc4oc5cc(-c6cccc7c8c(oc67)CCC=C8)ccc5c34)n2)=CCC1. The molecule has 3 heterocycles. The van der Waals surface area contributed by atoms with Crippen LogP contribution in [0.25, 0.3) is 89.2 Å². The molecule has 0 bridgehead atoms. The van der Waals surface area contributed by atoms with Crippen molar-refractivity contribution < 1.29 is 8.83 Å². The number of fused-ring (bicyclic) bond motifs is 7. The molecule has 2 aliphatic carbocycles. The Morgan fingerprint density at radius 2 is 1.38 bits per heavy atom. The van der Waals surface area contributed by atoms with E-state index in [1.54, 1.807) is 0 Å². The fourth-order valence-corrected chi connectivity index (χ4v) is 7.24. The molecule has 0 fully saturated rings. The van der Waals surface area contributed by atoms with Gasteiger partial charge >= 0.3 is 0 Å². The first-order valence-electron chi connectivity index (χ1n) is 16.6. The van der Waals surface area contributed by atoms with Gasteiger partial charge in [-0.3, -0.25) is 0 Å². The Morgan fingerprint density at radius 3 is 2.31 bits per heavy atom. The van der Waals surface area contributed by atoms with Crippen molar-refractivity contribution in [3.63, 3.8) is 0 Å². The van der Waals surface area contributed by atoms with Crippen LogP contribution in [0.2, 0.25) is 0 Å². The van der Waals surface area contributed by atoms with Crippen LogP contribution in [0.3, 0.4) is 0 Å². The van der Waals surface area contributed by atoms with Gasteiger partial charge in [0.05, 0.1) is 0 Å². The number of para-hydroxylation sites is 1. The molecule has 0 aliphatic heterocycles. The maximum Gasteiger partial charge on any atom is 0.164 e. The number of aryl methyl sites for hydroxylation is 1. The number of nitrogens with zero attached hydrogens (tertiary/aromatic N) is 3. The maximum absolute atomic E-state index is 6.54. The van der Waals surface area contributed by atoms with E-state index in [0.717, 1.165) is 97.6 Å². The van der Waals surface area contributed by atoms with E-state index in [9.17, 15) is 0 Å². The van der Waals surface area contributed by atoms with E-state index in [2.05, 4.69) is 115 Å². The molecule has 5 aromatic carbocycles. The first-order chi connectivity index (χ1) is 23.8. The summed E-state index contributed by atoms with van der Waals surface area (Å²) in [4.78, 5) is 15.2. The van der Waals surface area contributed by atoms with E-state index >= 15 is 0 Å². The standard InChI is InChI=1S/C43H29N3O2/c1-2-11-27(12-3-1)41-44-42(30-21-20-26-10-4-5-13-28(26)24-30)46-43(45-41)35-17-9-19-37-39(35)34-23-22-29(25-38(34)47-37)31-15-8-16-33-32-14-6-7-18-36(32)48-40(31)33/h2,4-6,8-17,19-25H,1,3,7,18H2. The first kappa shape index (κ1) is 27.1. The van der Waals surface area contributed by atoms with Gasteiger partial charge in [-0.1, -0.05) is 103 Å². The minimum Gasteiger partial charge on any atom is -0.460 e. The Bertz CT molecular complexity index is 2690. The van der Waals surface area contributed by atoms with E-state index in [4.69, 9.17) is 23.8 Å². The van der Waals surface area contributed by atoms with Crippen LogP contribution >= 0.6 is 0 Å². The number of aromatic nitrogens is 3. The third-order valence-corrected chi connectivity index (χ3v) is 9.60. The molecule has 0 amide bonds. The van der Waals surface area contributed by atoms with Crippen molar-refractivity contribution in [1.29, 1.82) is 0 Å². The van der Waals surface area contributed by atoms with E-state index < -0.39 is 0 Å². The van der Waals surface area contributed by atoms with Gasteiger partial charge in [0.25, 0.3) is 0 Å². The van der Waals surface area contributed by atoms with Gasteiger partial charge in [-0.2, -0.15) is 0 Å². The minimum atomic E-state index is 0.624. The molecule has 0 atom stereocenters. The second-order valence-electron chi connectivity index (χ2n) is 12.6. The second-order valence-corrected chi connectivity index (χ2v) is 12.6. The molecule has 0 spiro atoms. The number of hydrogen-bond acceptors (Lipinski definition) is 5. The van der Waals surface area contributed by atoms with Crippen molar-refractivity contribution >= 4 is 55.3 Å². The van der Waals surface area contributed by atoms with E-state index in [1.165, 1.54) is 10.9 Å². The molecule has 0 radical (unpaired) electrons. The molecule has 48 heavy (non-hydrogen) atoms. The first-order valence-corrected chi connectivity index (χ1v) is 16.6. The summed E-state index contributed by atoms with van der Waals surface area (Å²) in [7, 11) is 0. The summed E-state index contributed by atoms with van der Waals surface area (Å²) in [5, 5.41) is 5.49. The third-order valence-electron chi connectivity index (χ3n) is 9.60. The summed E-state index contributed by atoms with van der Waals surface area (Å²) < 4.78 is 13.0. The monoisotopic (exact) mass is 619 g/mol. The highest BCUT2D eigenvalue weighted by molar-refractivity contribution is 6.13. The van der Waals surface area contributed by atoms with E-state index in [0.29, 0.717) is 17.5 Å². The fourth-order valence-electron chi connectivity index (χ4n) is 7.24. The topological polar surface area (TPSA) is 65.0 Å². The molecule has 0 N–H and O–H groups in total. The van der Waals surface area contributed by atoms with Gasteiger partial charge in [-0.05, 0) is 59.9 Å². The van der Waals surface area contributed by atoms with Crippen molar-refractivity contribution in [3.8, 4) is 33.9 Å². The van der Waals surface area contributed by atoms with Crippen molar-refractivity contribution in [2.75, 3.05) is 0 Å². The van der Waals surface area contributed by atoms with Gasteiger partial charge in [0, 0.05) is 50.4 Å². The molecule has 2 aliphatic rings. The molecular weight excluding hydrogens is 590 g/mol. The molecule has 5 heteroatoms. The average Bonchev–Trinajstić information content (AvgIpc) is 3.73. The van der Waals surface area contributed by atoms with Crippen LogP contribution in [-0.4, -0.2) is 15.0 Å². The van der Waals surface area contributed by atoms with Crippen molar-refractivity contribution in [3.05, 3.63) is 139 Å². The van der Waals surface area contributed by atoms with Crippen LogP contribution in [0, 0.1) is 0 Å². The van der Waals surface area contributed by atoms with E-state index in [1.807, 2.05) is 12.1 Å². The molecule has 8 aromatic rings. The summed E-state index contributed by atoms with van der Waals surface area (Å²) in [5.74, 6) is 3.01. The largest absolute Gasteiger partial charge is 0.460 e. The summed E-state index contributed by atoms with van der Waals surface area (Å²) in [6, 6.07) is 33.7. The molecule has 0 saturated carbocycles. The van der Waals surface area contributed by atoms with E-state index in [-0.39, 0.29) is 0 Å². The van der Waals surface area contributed by atoms with Crippen LogP contribution in [0.5, 0.6) is 0 Å². The molecule has 0 unspecified atom stereocenters. The zero-order chi connectivity index (χ0) is 31.6. The van der Waals surface area contributed by atoms with Gasteiger partial charge in [0.2, 0.25) is 0 Å². The lowest BCUT2D eigenvalue weighted by atomic mass is 9.98. The normalized spacial score (nSPS) is 14.3. The van der Waals surface area contributed by atoms with Gasteiger partial charge in [0.15, 0.2) is 17.5 Å². The Labute approximate surface area is 276 Å². The predicted octanol–water partition coefficient (Wildman–Crippen LogP) is 11.4. The third kappa shape index (κ3) is 4.35. The lowest BCUT2D eigenvalue weighted by Crippen LogP contribution is -2.03. The summed E-state index contributed by atoms with van der Waals surface area (Å²) in [6.07, 6.45) is 14.9. The van der Waals surface area contributed by atoms with Gasteiger partial charge in [-0.15, -0.1) is 0 Å². The predicted molar refractivity (Wildman–Crippen MR) is 194 cm³/mol. The number of hydrogen-bond donors (Lipinski definition) is 0. The molecule has 0 saturated heterocycles. The van der Waals surface area contributed by atoms with Gasteiger partial charge in [0.1, 0.15) is 22.5 Å². The van der Waals surface area contributed by atoms with Gasteiger partial charge < -0.3 is 8.83 Å². The fraction of sp³-hybridized carbons (Fsp3) is 0.0930. The number of allylic oxidation sites excluding steroid dienone is 5. The molecular formula is C43H29N3O2. The zero-order valence-electron chi connectivity index (χ0n) is 26.1. The minimum absolute atomic E-state index is 0.624. The highest BCUT2D eigenvalue weighted by Gasteiger charge is 2.21. The van der Waals surface area contributed by atoms with Crippen LogP contribution in [0.4, 0.5) is 0 Å². The van der Waals surface area contributed by atoms with Gasteiger partial charge in [-0.25, -0.2) is 15.0 Å². The van der Waals surface area contributed by atoms with Crippen LogP contribution < -0.4 is 0 Å². The molecule has 5 nitrogen and oxygen atoms in total. The summed E-state index contributed by atoms with van der Waals surface area (Å²) in [6.45, 7) is 0. The Morgan fingerprint density at radius 1 is 0.542 bits per heavy atom. The summed E-state index contributed by atoms with van der Waals surface area (Å²) >= 11 is 0. The number of furan rings is 2. The highest BCUT2D eigenvalue weighted by Crippen LogP contribution is 2.41. The van der Waals surface area contributed by atoms with Crippen molar-refractivity contribution in [2.24, 2.45) is 0 Å². The Kier molecular flexibility index (Phi) is 6.06. The average molecular weight is 620 g/mol. The number of benzene rings is 5. The zero-order valence-corrected chi connectivity index (χ0v) is 26.1. The smallest absolute Gasteiger partial charge is 0.164 e. The number of rotatable bonds is 4. The van der Waals surface area contributed by atoms with Crippen LogP contribution in [-0.2, 0) is 6.42 Å². The maximum atomic E-state index is 6.54.